The summed E-state index contributed by atoms with van der Waals surface area (Å²) in [7, 11) is 33.2. The van der Waals surface area contributed by atoms with Crippen LogP contribution in [0.3, 0.4) is 0 Å². The summed E-state index contributed by atoms with van der Waals surface area (Å²) in [6, 6.07) is 0. The number of aliphatic hydroxyl groups is 1. The van der Waals surface area contributed by atoms with E-state index in [0.29, 0.717) is 84.8 Å². The fraction of sp³-hybridized carbons (Fsp3) is 0.893. The van der Waals surface area contributed by atoms with Crippen molar-refractivity contribution in [2.75, 3.05) is 153 Å². The van der Waals surface area contributed by atoms with E-state index in [-0.39, 0.29) is 57.0 Å². The molecule has 3 N–H and O–H groups in total. The monoisotopic (exact) mass is 1810 g/mol. The fourth-order valence-electron chi connectivity index (χ4n) is 15.4. The maximum atomic E-state index is 12.2. The molecule has 9 aliphatic rings. The predicted octanol–water partition coefficient (Wildman–Crippen LogP) is 12.7. The lowest BCUT2D eigenvalue weighted by Gasteiger charge is -2.40. The van der Waals surface area contributed by atoms with Gasteiger partial charge < -0.3 is 34.2 Å². The van der Waals surface area contributed by atoms with Crippen LogP contribution in [0.4, 0.5) is 0 Å². The van der Waals surface area contributed by atoms with E-state index < -0.39 is 5.97 Å². The van der Waals surface area contributed by atoms with Crippen molar-refractivity contribution in [3.8, 4) is 0 Å². The zero-order chi connectivity index (χ0) is 84.6. The first kappa shape index (κ1) is 111. The number of ketones is 2. The zero-order valence-electron chi connectivity index (χ0n) is 70.7. The van der Waals surface area contributed by atoms with Crippen molar-refractivity contribution >= 4 is 158 Å². The summed E-state index contributed by atoms with van der Waals surface area (Å²) in [6.45, 7) is 35.2. The molecule has 25 nitrogen and oxygen atoms in total. The number of carbonyl (C=O) groups is 8. The van der Waals surface area contributed by atoms with Gasteiger partial charge in [0.25, 0.3) is 5.91 Å². The van der Waals surface area contributed by atoms with Crippen LogP contribution in [0.2, 0.25) is 0 Å². The Morgan fingerprint density at radius 2 is 0.812 bits per heavy atom. The number of hydrogen-bond acceptors (Lipinski definition) is 22. The van der Waals surface area contributed by atoms with E-state index in [9.17, 15) is 38.4 Å². The number of amides is 2. The summed E-state index contributed by atoms with van der Waals surface area (Å²) < 4.78 is 27.7. The molecule has 0 aromatic carbocycles. The van der Waals surface area contributed by atoms with Gasteiger partial charge in [0.05, 0.1) is 36.6 Å². The third-order valence-corrected chi connectivity index (χ3v) is 28.1. The van der Waals surface area contributed by atoms with E-state index in [1.165, 1.54) is 108 Å². The number of aliphatic hydroxyl groups excluding tert-OH is 1. The van der Waals surface area contributed by atoms with Gasteiger partial charge in [0, 0.05) is 168 Å². The van der Waals surface area contributed by atoms with Crippen LogP contribution in [-0.4, -0.2) is 258 Å². The Balaban J connectivity index is 0.000000633. The Hall–Kier alpha value is 1.04. The van der Waals surface area contributed by atoms with Crippen LogP contribution in [0.25, 0.3) is 0 Å². The van der Waals surface area contributed by atoms with E-state index in [1.807, 2.05) is 27.7 Å². The lowest BCUT2D eigenvalue weighted by atomic mass is 9.72. The Labute approximate surface area is 705 Å². The van der Waals surface area contributed by atoms with Crippen LogP contribution in [0, 0.1) is 69.5 Å². The van der Waals surface area contributed by atoms with Crippen molar-refractivity contribution in [2.24, 2.45) is 69.5 Å². The topological polar surface area (TPSA) is 258 Å². The summed E-state index contributed by atoms with van der Waals surface area (Å²) in [5.74, 6) is 4.58. The fourth-order valence-corrected chi connectivity index (χ4v) is 20.4. The van der Waals surface area contributed by atoms with E-state index in [4.69, 9.17) is 28.9 Å². The highest BCUT2D eigenvalue weighted by molar-refractivity contribution is 8.00. The van der Waals surface area contributed by atoms with Crippen molar-refractivity contribution < 1.29 is 67.3 Å². The number of rotatable bonds is 22. The molecule has 9 aliphatic heterocycles. The summed E-state index contributed by atoms with van der Waals surface area (Å²) in [5.41, 5.74) is -0.867. The molecule has 37 heteroatoms. The minimum atomic E-state index is -0.671. The van der Waals surface area contributed by atoms with E-state index in [2.05, 4.69) is 150 Å². The van der Waals surface area contributed by atoms with Crippen LogP contribution in [0.5, 0.6) is 0 Å². The smallest absolute Gasteiger partial charge is 0.314 e. The molecular formula is C75H157N11O14P12. The molecule has 0 saturated carbocycles. The number of Topliss-reactive ketones (excluding diaryl/α,β-unsaturated/α-hetero) is 2. The van der Waals surface area contributed by atoms with Crippen LogP contribution in [-0.2, 0) is 57.1 Å². The normalized spacial score (nSPS) is 25.6. The van der Waals surface area contributed by atoms with Gasteiger partial charge in [-0.15, -0.1) is 0 Å². The van der Waals surface area contributed by atoms with Gasteiger partial charge in [-0.25, -0.2) is 10.1 Å². The zero-order valence-corrected chi connectivity index (χ0v) is 84.3. The number of carboxylic acids is 1. The van der Waals surface area contributed by atoms with Crippen molar-refractivity contribution in [1.82, 2.24) is 52.8 Å². The van der Waals surface area contributed by atoms with Gasteiger partial charge in [-0.2, -0.15) is 0 Å². The maximum absolute atomic E-state index is 12.2. The summed E-state index contributed by atoms with van der Waals surface area (Å²) in [4.78, 5) is 99.3. The Morgan fingerprint density at radius 3 is 1.15 bits per heavy atom. The Kier molecular flexibility index (Phi) is 62.5. The number of hydrogen-bond donors (Lipinski definition) is 3. The molecule has 2 amide bonds. The first-order valence-corrected chi connectivity index (χ1v) is 50.3. The molecular weight excluding hydrogens is 1650 g/mol. The quantitative estimate of drug-likeness (QED) is 0.0517. The Bertz CT molecular complexity index is 2600. The summed E-state index contributed by atoms with van der Waals surface area (Å²) in [6.07, 6.45) is 26.3. The second kappa shape index (κ2) is 63.0. The first-order chi connectivity index (χ1) is 52.8. The molecule has 0 spiro atoms. The van der Waals surface area contributed by atoms with Gasteiger partial charge in [-0.3, -0.25) is 75.8 Å². The molecule has 112 heavy (non-hydrogen) atoms. The van der Waals surface area contributed by atoms with Crippen molar-refractivity contribution in [3.05, 3.63) is 0 Å². The largest absolute Gasteiger partial charge is 0.481 e. The third kappa shape index (κ3) is 49.4. The Morgan fingerprint density at radius 1 is 0.464 bits per heavy atom. The van der Waals surface area contributed by atoms with Crippen molar-refractivity contribution in [3.63, 3.8) is 0 Å². The second-order valence-corrected chi connectivity index (χ2v) is 41.6. The van der Waals surface area contributed by atoms with Crippen molar-refractivity contribution in [2.45, 2.75) is 209 Å². The van der Waals surface area contributed by atoms with Crippen LogP contribution in [0.1, 0.15) is 209 Å². The third-order valence-electron chi connectivity index (χ3n) is 23.0. The van der Waals surface area contributed by atoms with Crippen LogP contribution >= 0.6 is 110 Å². The van der Waals surface area contributed by atoms with Crippen molar-refractivity contribution in [1.29, 1.82) is 0 Å². The average Bonchev–Trinajstić information content (AvgIpc) is 0.812. The molecule has 0 aromatic heterocycles. The SMILES string of the molecule is CC(=O)C(C)(C)C1CCCN(P)C1.CC(=O)CC1CCCN(P)C1.CC(C)(C(=O)OPP)C1CCCN(P)C1.CON(C)C(=O)C(C)(C)C1CCCN(P)C1.CON(C)C(=O)CC1CCCN(P)C1.O=C(CC1CCCN(P)C1)OPP.O=C(O)CC1CCCN(P)C1.O=CCC1CCCN(P)C1.OCCC1CCCNC1. The van der Waals surface area contributed by atoms with Gasteiger partial charge in [-0.1, -0.05) is 121 Å². The lowest BCUT2D eigenvalue weighted by molar-refractivity contribution is -0.182. The first-order valence-electron chi connectivity index (χ1n) is 40.7. The highest BCUT2D eigenvalue weighted by Crippen LogP contribution is 2.40. The molecule has 0 radical (unpaired) electrons. The number of piperidine rings is 9. The average molecular weight is 1810 g/mol. The van der Waals surface area contributed by atoms with E-state index >= 15 is 0 Å². The highest BCUT2D eigenvalue weighted by Gasteiger charge is 2.42. The summed E-state index contributed by atoms with van der Waals surface area (Å²) >= 11 is 0. The van der Waals surface area contributed by atoms with E-state index in [1.54, 1.807) is 27.9 Å². The lowest BCUT2D eigenvalue weighted by Crippen LogP contribution is -2.46. The number of aldehydes is 1. The number of carboxylic acid groups (broad SMARTS) is 1. The molecule has 21 unspecified atom stereocenters. The number of nitrogens with one attached hydrogen (secondary N) is 1. The molecule has 9 fully saturated rings. The standard InChI is InChI=1S/C11H23N2O2P.C10H20NOP.C9H19N2O2P.C9H20NO2P3.C8H16NOP.C7H16NO2P3.C7H14NO2P.C7H14NOP.C7H15NO/c1-11(2,10(14)12(3)15-4)9-6-5-7-13(16)8-9;1-8(12)10(2,3)9-5-4-6-11(13)7-9;1-10(13-2)9(12)6-8-4-3-5-11(14)7-8;1-9(2,8(11)12-15-14)7-4-3-5-10(13)6-7;1-7(10)5-8-3-2-4-9(11)6-8;9-7(10-13-12)4-6-2-1-3-8(11)5-6;9-7(10)4-6-2-1-3-8(11)5-6;9-5-3-7-2-1-4-8(10)6-7;9-5-3-7-2-1-4-8-6-7/h9H,5-8,16H2,1-4H3;9H,4-7,13H2,1-3H3;8H,3-7,14H2,1-2H3;7,15H,3-6,13-14H2,1-2H3;8H,2-6,11H2,1H3;6,13H,1-5,11-12H2;6H,1-5,11H2,(H,9,10);5,7H,1-4,6,10H2;7-9H,1-6H2. The molecule has 21 atom stereocenters. The van der Waals surface area contributed by atoms with Gasteiger partial charge in [-0.05, 0) is 216 Å². The van der Waals surface area contributed by atoms with Gasteiger partial charge in [0.15, 0.2) is 0 Å². The number of nitrogens with zero attached hydrogens (tertiary/aromatic N) is 10. The summed E-state index contributed by atoms with van der Waals surface area (Å²) in [5, 5.41) is 23.1. The molecule has 0 aromatic rings. The molecule has 9 saturated heterocycles. The molecule has 0 bridgehead atoms. The number of aliphatic carboxylic acids is 1. The van der Waals surface area contributed by atoms with Crippen LogP contribution in [0.15, 0.2) is 0 Å². The second-order valence-electron chi connectivity index (χ2n) is 33.4. The van der Waals surface area contributed by atoms with Crippen LogP contribution < -0.4 is 5.32 Å². The minimum absolute atomic E-state index is 0.0558. The predicted molar refractivity (Wildman–Crippen MR) is 497 cm³/mol. The number of carbonyl (C=O) groups excluding carboxylic acids is 7. The van der Waals surface area contributed by atoms with Gasteiger partial charge >= 0.3 is 17.9 Å². The molecule has 0 aliphatic carbocycles. The number of hydroxylamine groups is 4. The molecule has 9 rings (SSSR count). The van der Waals surface area contributed by atoms with Gasteiger partial charge in [0.1, 0.15) is 17.9 Å². The molecule has 656 valence electrons. The maximum Gasteiger partial charge on any atom is 0.314 e. The highest BCUT2D eigenvalue weighted by atomic mass is 32.0. The van der Waals surface area contributed by atoms with Gasteiger partial charge in [0.2, 0.25) is 5.91 Å². The van der Waals surface area contributed by atoms with E-state index in [0.717, 1.165) is 181 Å². The minimum Gasteiger partial charge on any atom is -0.481 e. The molecule has 9 heterocycles.